The Labute approximate surface area is 94.9 Å². The molecule has 2 heterocycles. The van der Waals surface area contributed by atoms with Crippen molar-refractivity contribution in [1.29, 1.82) is 0 Å². The van der Waals surface area contributed by atoms with Crippen molar-refractivity contribution in [3.8, 4) is 0 Å². The van der Waals surface area contributed by atoms with Crippen LogP contribution in [0.5, 0.6) is 0 Å². The summed E-state index contributed by atoms with van der Waals surface area (Å²) < 4.78 is 5.46. The predicted molar refractivity (Wildman–Crippen MR) is 62.1 cm³/mol. The molecule has 1 N–H and O–H groups in total. The molecular formula is C11H18N2OS. The third-order valence-electron chi connectivity index (χ3n) is 2.81. The van der Waals surface area contributed by atoms with E-state index in [0.717, 1.165) is 19.8 Å². The topological polar surface area (TPSA) is 34.2 Å². The monoisotopic (exact) mass is 226 g/mol. The van der Waals surface area contributed by atoms with E-state index < -0.39 is 0 Å². The van der Waals surface area contributed by atoms with E-state index in [-0.39, 0.29) is 0 Å². The van der Waals surface area contributed by atoms with Crippen molar-refractivity contribution in [1.82, 2.24) is 10.3 Å². The Balaban J connectivity index is 2.01. The first-order valence-corrected chi connectivity index (χ1v) is 6.49. The lowest BCUT2D eigenvalue weighted by atomic mass is 9.98. The molecule has 0 amide bonds. The Kier molecular flexibility index (Phi) is 4.11. The zero-order chi connectivity index (χ0) is 10.5. The van der Waals surface area contributed by atoms with Crippen LogP contribution in [0.2, 0.25) is 0 Å². The van der Waals surface area contributed by atoms with E-state index in [1.165, 1.54) is 17.7 Å². The van der Waals surface area contributed by atoms with Gasteiger partial charge in [0, 0.05) is 29.6 Å². The standard InChI is InChI=1S/C11H18N2OS/c1-2-4-13-11(9-3-5-14-7-9)10-6-12-8-15-10/h6,8-9,11,13H,2-5,7H2,1H3. The minimum absolute atomic E-state index is 0.444. The summed E-state index contributed by atoms with van der Waals surface area (Å²) >= 11 is 1.74. The van der Waals surface area contributed by atoms with Gasteiger partial charge in [0.2, 0.25) is 0 Å². The van der Waals surface area contributed by atoms with E-state index in [4.69, 9.17) is 4.74 Å². The van der Waals surface area contributed by atoms with Gasteiger partial charge in [-0.25, -0.2) is 0 Å². The molecule has 1 aliphatic rings. The molecule has 0 saturated carbocycles. The van der Waals surface area contributed by atoms with Gasteiger partial charge in [0.1, 0.15) is 0 Å². The molecule has 0 radical (unpaired) electrons. The molecule has 2 atom stereocenters. The van der Waals surface area contributed by atoms with Crippen molar-refractivity contribution in [3.05, 3.63) is 16.6 Å². The molecule has 1 aliphatic heterocycles. The Morgan fingerprint density at radius 1 is 1.73 bits per heavy atom. The van der Waals surface area contributed by atoms with Crippen LogP contribution in [0.25, 0.3) is 0 Å². The first kappa shape index (κ1) is 11.0. The van der Waals surface area contributed by atoms with Crippen LogP contribution in [0.15, 0.2) is 11.7 Å². The smallest absolute Gasteiger partial charge is 0.0794 e. The van der Waals surface area contributed by atoms with Gasteiger partial charge < -0.3 is 10.1 Å². The van der Waals surface area contributed by atoms with E-state index in [9.17, 15) is 0 Å². The maximum Gasteiger partial charge on any atom is 0.0794 e. The zero-order valence-corrected chi connectivity index (χ0v) is 9.93. The molecule has 1 fully saturated rings. The summed E-state index contributed by atoms with van der Waals surface area (Å²) in [5.74, 6) is 0.622. The van der Waals surface area contributed by atoms with Crippen LogP contribution in [0.3, 0.4) is 0 Å². The van der Waals surface area contributed by atoms with Gasteiger partial charge in [-0.3, -0.25) is 4.98 Å². The van der Waals surface area contributed by atoms with Crippen molar-refractivity contribution in [2.75, 3.05) is 19.8 Å². The van der Waals surface area contributed by atoms with Gasteiger partial charge in [-0.05, 0) is 19.4 Å². The summed E-state index contributed by atoms with van der Waals surface area (Å²) in [5.41, 5.74) is 1.91. The normalized spacial score (nSPS) is 23.1. The van der Waals surface area contributed by atoms with Crippen LogP contribution in [-0.2, 0) is 4.74 Å². The predicted octanol–water partition coefficient (Wildman–Crippen LogP) is 2.22. The van der Waals surface area contributed by atoms with E-state index in [2.05, 4.69) is 17.2 Å². The molecule has 0 spiro atoms. The van der Waals surface area contributed by atoms with Crippen molar-refractivity contribution in [2.24, 2.45) is 5.92 Å². The molecule has 4 heteroatoms. The van der Waals surface area contributed by atoms with Crippen LogP contribution >= 0.6 is 11.3 Å². The van der Waals surface area contributed by atoms with Gasteiger partial charge in [-0.1, -0.05) is 6.92 Å². The molecule has 0 aliphatic carbocycles. The number of hydrogen-bond donors (Lipinski definition) is 1. The fraction of sp³-hybridized carbons (Fsp3) is 0.727. The summed E-state index contributed by atoms with van der Waals surface area (Å²) in [4.78, 5) is 5.51. The lowest BCUT2D eigenvalue weighted by Crippen LogP contribution is -2.28. The lowest BCUT2D eigenvalue weighted by Gasteiger charge is -2.22. The van der Waals surface area contributed by atoms with Gasteiger partial charge in [-0.2, -0.15) is 0 Å². The number of thiazole rings is 1. The molecule has 3 nitrogen and oxygen atoms in total. The van der Waals surface area contributed by atoms with Crippen molar-refractivity contribution in [3.63, 3.8) is 0 Å². The summed E-state index contributed by atoms with van der Waals surface area (Å²) in [6.07, 6.45) is 4.32. The number of nitrogens with zero attached hydrogens (tertiary/aromatic N) is 1. The molecule has 0 aromatic carbocycles. The number of ether oxygens (including phenoxy) is 1. The van der Waals surface area contributed by atoms with Crippen LogP contribution < -0.4 is 5.32 Å². The largest absolute Gasteiger partial charge is 0.381 e. The minimum atomic E-state index is 0.444. The average molecular weight is 226 g/mol. The van der Waals surface area contributed by atoms with Crippen LogP contribution in [0.1, 0.15) is 30.7 Å². The number of nitrogens with one attached hydrogen (secondary N) is 1. The van der Waals surface area contributed by atoms with Gasteiger partial charge >= 0.3 is 0 Å². The van der Waals surface area contributed by atoms with Crippen LogP contribution in [0, 0.1) is 5.92 Å². The number of rotatable bonds is 5. The minimum Gasteiger partial charge on any atom is -0.381 e. The van der Waals surface area contributed by atoms with Gasteiger partial charge in [0.05, 0.1) is 12.1 Å². The third kappa shape index (κ3) is 2.77. The fourth-order valence-corrected chi connectivity index (χ4v) is 2.78. The maximum atomic E-state index is 5.46. The SMILES string of the molecule is CCCNC(c1cncs1)C1CCOC1. The quantitative estimate of drug-likeness (QED) is 0.836. The summed E-state index contributed by atoms with van der Waals surface area (Å²) in [7, 11) is 0. The number of hydrogen-bond acceptors (Lipinski definition) is 4. The Bertz CT molecular complexity index is 270. The fourth-order valence-electron chi connectivity index (χ4n) is 1.99. The molecule has 1 saturated heterocycles. The summed E-state index contributed by atoms with van der Waals surface area (Å²) in [6, 6.07) is 0.444. The molecule has 84 valence electrons. The molecule has 2 unspecified atom stereocenters. The second-order valence-electron chi connectivity index (χ2n) is 3.96. The van der Waals surface area contributed by atoms with Gasteiger partial charge in [0.15, 0.2) is 0 Å². The molecule has 1 aromatic heterocycles. The molecular weight excluding hydrogens is 208 g/mol. The second-order valence-corrected chi connectivity index (χ2v) is 4.88. The Morgan fingerprint density at radius 3 is 3.27 bits per heavy atom. The Hall–Kier alpha value is -0.450. The highest BCUT2D eigenvalue weighted by molar-refractivity contribution is 7.09. The highest BCUT2D eigenvalue weighted by Crippen LogP contribution is 2.30. The first-order chi connectivity index (χ1) is 7.42. The second kappa shape index (κ2) is 5.58. The van der Waals surface area contributed by atoms with E-state index in [0.29, 0.717) is 12.0 Å². The molecule has 15 heavy (non-hydrogen) atoms. The first-order valence-electron chi connectivity index (χ1n) is 5.61. The molecule has 1 aromatic rings. The highest BCUT2D eigenvalue weighted by atomic mass is 32.1. The highest BCUT2D eigenvalue weighted by Gasteiger charge is 2.27. The van der Waals surface area contributed by atoms with E-state index >= 15 is 0 Å². The Morgan fingerprint density at radius 2 is 2.67 bits per heavy atom. The van der Waals surface area contributed by atoms with Crippen LogP contribution in [-0.4, -0.2) is 24.7 Å². The number of aromatic nitrogens is 1. The van der Waals surface area contributed by atoms with E-state index in [1.807, 2.05) is 11.7 Å². The van der Waals surface area contributed by atoms with Crippen LogP contribution in [0.4, 0.5) is 0 Å². The van der Waals surface area contributed by atoms with Crippen molar-refractivity contribution < 1.29 is 4.74 Å². The molecule has 0 bridgehead atoms. The van der Waals surface area contributed by atoms with Gasteiger partial charge in [0.25, 0.3) is 0 Å². The maximum absolute atomic E-state index is 5.46. The summed E-state index contributed by atoms with van der Waals surface area (Å²) in [5, 5.41) is 3.60. The average Bonchev–Trinajstić information content (AvgIpc) is 2.90. The third-order valence-corrected chi connectivity index (χ3v) is 3.67. The summed E-state index contributed by atoms with van der Waals surface area (Å²) in [6.45, 7) is 5.06. The zero-order valence-electron chi connectivity index (χ0n) is 9.11. The lowest BCUT2D eigenvalue weighted by molar-refractivity contribution is 0.177. The molecule has 2 rings (SSSR count). The van der Waals surface area contributed by atoms with Crippen molar-refractivity contribution >= 4 is 11.3 Å². The van der Waals surface area contributed by atoms with Gasteiger partial charge in [-0.15, -0.1) is 11.3 Å². The van der Waals surface area contributed by atoms with Crippen molar-refractivity contribution in [2.45, 2.75) is 25.8 Å². The van der Waals surface area contributed by atoms with E-state index in [1.54, 1.807) is 11.3 Å².